The van der Waals surface area contributed by atoms with Crippen molar-refractivity contribution < 1.29 is 4.74 Å². The van der Waals surface area contributed by atoms with Crippen LogP contribution in [0.3, 0.4) is 0 Å². The zero-order valence-electron chi connectivity index (χ0n) is 17.9. The van der Waals surface area contributed by atoms with Crippen LogP contribution in [0.15, 0.2) is 60.8 Å². The highest BCUT2D eigenvalue weighted by atomic mass is 16.5. The zero-order chi connectivity index (χ0) is 20.5. The van der Waals surface area contributed by atoms with Crippen LogP contribution in [-0.4, -0.2) is 9.78 Å². The molecule has 0 fully saturated rings. The second-order valence-corrected chi connectivity index (χ2v) is 7.40. The lowest BCUT2D eigenvalue weighted by Gasteiger charge is -2.20. The van der Waals surface area contributed by atoms with Crippen LogP contribution in [0.1, 0.15) is 63.8 Å². The van der Waals surface area contributed by atoms with E-state index in [1.807, 2.05) is 36.5 Å². The number of aromatic nitrogens is 2. The Balaban J connectivity index is 1.73. The van der Waals surface area contributed by atoms with Crippen molar-refractivity contribution in [2.24, 2.45) is 0 Å². The van der Waals surface area contributed by atoms with E-state index in [-0.39, 0.29) is 6.04 Å². The third-order valence-electron chi connectivity index (χ3n) is 5.18. The van der Waals surface area contributed by atoms with E-state index in [2.05, 4.69) is 60.1 Å². The van der Waals surface area contributed by atoms with Crippen LogP contribution in [0.5, 0.6) is 11.5 Å². The van der Waals surface area contributed by atoms with Gasteiger partial charge >= 0.3 is 0 Å². The fourth-order valence-corrected chi connectivity index (χ4v) is 3.60. The molecule has 0 aliphatic rings. The normalized spacial score (nSPS) is 12.0. The third kappa shape index (κ3) is 5.63. The van der Waals surface area contributed by atoms with Gasteiger partial charge in [-0.3, -0.25) is 4.68 Å². The highest BCUT2D eigenvalue weighted by molar-refractivity contribution is 5.49. The molecule has 29 heavy (non-hydrogen) atoms. The number of nitrogens with one attached hydrogen (secondary N) is 1. The highest BCUT2D eigenvalue weighted by Crippen LogP contribution is 2.29. The smallest absolute Gasteiger partial charge is 0.127 e. The van der Waals surface area contributed by atoms with E-state index in [1.54, 1.807) is 0 Å². The van der Waals surface area contributed by atoms with Crippen molar-refractivity contribution in [3.63, 3.8) is 0 Å². The summed E-state index contributed by atoms with van der Waals surface area (Å²) >= 11 is 0. The maximum atomic E-state index is 5.93. The maximum Gasteiger partial charge on any atom is 0.127 e. The second kappa shape index (κ2) is 10.7. The summed E-state index contributed by atoms with van der Waals surface area (Å²) in [5.41, 5.74) is 3.73. The van der Waals surface area contributed by atoms with E-state index in [0.29, 0.717) is 0 Å². The molecule has 0 spiro atoms. The summed E-state index contributed by atoms with van der Waals surface area (Å²) in [4.78, 5) is 0. The van der Waals surface area contributed by atoms with Gasteiger partial charge in [-0.1, -0.05) is 63.9 Å². The second-order valence-electron chi connectivity index (χ2n) is 7.40. The summed E-state index contributed by atoms with van der Waals surface area (Å²) in [5, 5.41) is 8.38. The minimum atomic E-state index is 0.264. The van der Waals surface area contributed by atoms with Gasteiger partial charge in [0.15, 0.2) is 0 Å². The molecule has 0 saturated carbocycles. The monoisotopic (exact) mass is 391 g/mol. The third-order valence-corrected chi connectivity index (χ3v) is 5.18. The van der Waals surface area contributed by atoms with Crippen molar-refractivity contribution in [1.82, 2.24) is 9.78 Å². The van der Waals surface area contributed by atoms with Gasteiger partial charge in [0.1, 0.15) is 11.5 Å². The molecular weight excluding hydrogens is 358 g/mol. The molecule has 1 N–H and O–H groups in total. The average Bonchev–Trinajstić information content (AvgIpc) is 3.14. The SMILES string of the molecule is CCCCn1ncc(NC(CCC)c2ccc(Oc3ccccc3)cc2)c1CC. The van der Waals surface area contributed by atoms with E-state index in [0.717, 1.165) is 49.4 Å². The van der Waals surface area contributed by atoms with Crippen LogP contribution in [0.25, 0.3) is 0 Å². The number of hydrogen-bond acceptors (Lipinski definition) is 3. The number of unbranched alkanes of at least 4 members (excludes halogenated alkanes) is 1. The van der Waals surface area contributed by atoms with E-state index >= 15 is 0 Å². The van der Waals surface area contributed by atoms with Crippen LogP contribution in [0, 0.1) is 0 Å². The molecule has 0 saturated heterocycles. The molecular formula is C25H33N3O. The summed E-state index contributed by atoms with van der Waals surface area (Å²) in [7, 11) is 0. The molecule has 0 bridgehead atoms. The maximum absolute atomic E-state index is 5.93. The molecule has 4 heteroatoms. The number of benzene rings is 2. The van der Waals surface area contributed by atoms with Crippen molar-refractivity contribution in [2.75, 3.05) is 5.32 Å². The number of rotatable bonds is 11. The molecule has 0 amide bonds. The van der Waals surface area contributed by atoms with Crippen LogP contribution in [0.4, 0.5) is 5.69 Å². The van der Waals surface area contributed by atoms with Crippen molar-refractivity contribution in [3.05, 3.63) is 72.1 Å². The first-order chi connectivity index (χ1) is 14.2. The molecule has 0 aliphatic heterocycles. The lowest BCUT2D eigenvalue weighted by Crippen LogP contribution is -2.12. The largest absolute Gasteiger partial charge is 0.457 e. The van der Waals surface area contributed by atoms with Crippen molar-refractivity contribution >= 4 is 5.69 Å². The van der Waals surface area contributed by atoms with Gasteiger partial charge in [-0.05, 0) is 49.1 Å². The standard InChI is InChI=1S/C25H33N3O/c1-4-7-18-28-25(6-3)24(19-26-28)27-23(11-5-2)20-14-16-22(17-15-20)29-21-12-9-8-10-13-21/h8-10,12-17,19,23,27H,4-7,11,18H2,1-3H3. The van der Waals surface area contributed by atoms with Gasteiger partial charge in [-0.25, -0.2) is 0 Å². The Morgan fingerprint density at radius 3 is 2.31 bits per heavy atom. The Morgan fingerprint density at radius 1 is 0.931 bits per heavy atom. The molecule has 4 nitrogen and oxygen atoms in total. The average molecular weight is 392 g/mol. The summed E-state index contributed by atoms with van der Waals surface area (Å²) in [5.74, 6) is 1.72. The first kappa shape index (κ1) is 21.0. The number of anilines is 1. The van der Waals surface area contributed by atoms with Gasteiger partial charge in [0.25, 0.3) is 0 Å². The Labute approximate surface area is 174 Å². The summed E-state index contributed by atoms with van der Waals surface area (Å²) < 4.78 is 8.09. The molecule has 3 aromatic rings. The molecule has 3 rings (SSSR count). The number of nitrogens with zero attached hydrogens (tertiary/aromatic N) is 2. The minimum Gasteiger partial charge on any atom is -0.457 e. The number of ether oxygens (including phenoxy) is 1. The molecule has 1 atom stereocenters. The van der Waals surface area contributed by atoms with Crippen molar-refractivity contribution in [3.8, 4) is 11.5 Å². The molecule has 0 aliphatic carbocycles. The zero-order valence-corrected chi connectivity index (χ0v) is 17.9. The van der Waals surface area contributed by atoms with Crippen LogP contribution in [-0.2, 0) is 13.0 Å². The molecule has 1 unspecified atom stereocenters. The van der Waals surface area contributed by atoms with Gasteiger partial charge in [-0.15, -0.1) is 0 Å². The van der Waals surface area contributed by atoms with Gasteiger partial charge < -0.3 is 10.1 Å². The Kier molecular flexibility index (Phi) is 7.74. The van der Waals surface area contributed by atoms with Crippen LogP contribution in [0.2, 0.25) is 0 Å². The number of hydrogen-bond donors (Lipinski definition) is 1. The first-order valence-electron chi connectivity index (χ1n) is 10.9. The summed E-state index contributed by atoms with van der Waals surface area (Å²) in [6.07, 6.45) is 7.50. The lowest BCUT2D eigenvalue weighted by molar-refractivity contribution is 0.482. The summed E-state index contributed by atoms with van der Waals surface area (Å²) in [6.45, 7) is 7.64. The van der Waals surface area contributed by atoms with Gasteiger partial charge in [-0.2, -0.15) is 5.10 Å². The molecule has 154 valence electrons. The van der Waals surface area contributed by atoms with Crippen LogP contribution < -0.4 is 10.1 Å². The first-order valence-corrected chi connectivity index (χ1v) is 10.9. The quantitative estimate of drug-likeness (QED) is 0.383. The Hall–Kier alpha value is -2.75. The molecule has 0 radical (unpaired) electrons. The van der Waals surface area contributed by atoms with E-state index in [9.17, 15) is 0 Å². The topological polar surface area (TPSA) is 39.1 Å². The van der Waals surface area contributed by atoms with Crippen molar-refractivity contribution in [1.29, 1.82) is 0 Å². The van der Waals surface area contributed by atoms with Crippen LogP contribution >= 0.6 is 0 Å². The van der Waals surface area contributed by atoms with Gasteiger partial charge in [0, 0.05) is 6.54 Å². The van der Waals surface area contributed by atoms with E-state index in [4.69, 9.17) is 4.74 Å². The predicted octanol–water partition coefficient (Wildman–Crippen LogP) is 6.99. The van der Waals surface area contributed by atoms with E-state index in [1.165, 1.54) is 17.7 Å². The van der Waals surface area contributed by atoms with Gasteiger partial charge in [0.05, 0.1) is 23.6 Å². The Morgan fingerprint density at radius 2 is 1.66 bits per heavy atom. The minimum absolute atomic E-state index is 0.264. The predicted molar refractivity (Wildman–Crippen MR) is 121 cm³/mol. The van der Waals surface area contributed by atoms with E-state index < -0.39 is 0 Å². The highest BCUT2D eigenvalue weighted by Gasteiger charge is 2.15. The molecule has 2 aromatic carbocycles. The van der Waals surface area contributed by atoms with Crippen molar-refractivity contribution in [2.45, 2.75) is 65.5 Å². The number of para-hydroxylation sites is 1. The lowest BCUT2D eigenvalue weighted by atomic mass is 10.0. The summed E-state index contributed by atoms with van der Waals surface area (Å²) in [6, 6.07) is 18.6. The Bertz CT molecular complexity index is 856. The van der Waals surface area contributed by atoms with Gasteiger partial charge in [0.2, 0.25) is 0 Å². The fraction of sp³-hybridized carbons (Fsp3) is 0.400. The molecule has 1 heterocycles. The molecule has 1 aromatic heterocycles. The number of aryl methyl sites for hydroxylation is 1. The fourth-order valence-electron chi connectivity index (χ4n) is 3.60.